The van der Waals surface area contributed by atoms with Crippen LogP contribution in [0, 0.1) is 12.7 Å². The number of hydrogen-bond donors (Lipinski definition) is 0. The molecule has 4 rings (SSSR count). The van der Waals surface area contributed by atoms with E-state index in [-0.39, 0.29) is 23.7 Å². The summed E-state index contributed by atoms with van der Waals surface area (Å²) in [6, 6.07) is 6.02. The summed E-state index contributed by atoms with van der Waals surface area (Å²) in [6.45, 7) is 8.12. The number of carbonyl (C=O) groups is 2. The number of thiazole rings is 1. The number of nitrogens with zero attached hydrogens (tertiary/aromatic N) is 4. The second-order valence-corrected chi connectivity index (χ2v) is 9.33. The van der Waals surface area contributed by atoms with E-state index in [1.165, 1.54) is 29.9 Å². The first-order valence-corrected chi connectivity index (χ1v) is 11.8. The summed E-state index contributed by atoms with van der Waals surface area (Å²) < 4.78 is 13.2. The largest absolute Gasteiger partial charge is 0.341 e. The summed E-state index contributed by atoms with van der Waals surface area (Å²) in [4.78, 5) is 37.1. The number of piperidine rings is 1. The Morgan fingerprint density at radius 3 is 2.26 bits per heavy atom. The van der Waals surface area contributed by atoms with Crippen LogP contribution in [0.25, 0.3) is 10.6 Å². The molecule has 6 nitrogen and oxygen atoms in total. The van der Waals surface area contributed by atoms with Gasteiger partial charge >= 0.3 is 0 Å². The Bertz CT molecular complexity index is 932. The molecule has 2 saturated heterocycles. The lowest BCUT2D eigenvalue weighted by Gasteiger charge is -2.39. The monoisotopic (exact) mass is 444 g/mol. The van der Waals surface area contributed by atoms with Gasteiger partial charge in [0.2, 0.25) is 5.91 Å². The van der Waals surface area contributed by atoms with Crippen molar-refractivity contribution in [1.82, 2.24) is 19.7 Å². The highest BCUT2D eigenvalue weighted by molar-refractivity contribution is 7.17. The van der Waals surface area contributed by atoms with Gasteiger partial charge in [-0.25, -0.2) is 9.37 Å². The van der Waals surface area contributed by atoms with Crippen LogP contribution < -0.4 is 0 Å². The van der Waals surface area contributed by atoms with Crippen molar-refractivity contribution in [3.8, 4) is 10.6 Å². The van der Waals surface area contributed by atoms with Crippen LogP contribution in [0.4, 0.5) is 4.39 Å². The zero-order valence-corrected chi connectivity index (χ0v) is 19.0. The number of benzene rings is 1. The Labute approximate surface area is 186 Å². The lowest BCUT2D eigenvalue weighted by Crippen LogP contribution is -2.56. The zero-order chi connectivity index (χ0) is 22.0. The molecule has 8 heteroatoms. The number of hydrogen-bond acceptors (Lipinski definition) is 5. The number of rotatable bonds is 4. The fraction of sp³-hybridized carbons (Fsp3) is 0.522. The average Bonchev–Trinajstić information content (AvgIpc) is 3.20. The topological polar surface area (TPSA) is 56.8 Å². The number of amides is 2. The van der Waals surface area contributed by atoms with Crippen molar-refractivity contribution in [2.45, 2.75) is 39.2 Å². The highest BCUT2D eigenvalue weighted by Crippen LogP contribution is 2.29. The summed E-state index contributed by atoms with van der Waals surface area (Å²) in [5.74, 6) is -0.0982. The second kappa shape index (κ2) is 9.44. The van der Waals surface area contributed by atoms with Crippen LogP contribution in [0.15, 0.2) is 24.3 Å². The van der Waals surface area contributed by atoms with Gasteiger partial charge in [-0.1, -0.05) is 0 Å². The molecule has 1 unspecified atom stereocenters. The predicted octanol–water partition coefficient (Wildman–Crippen LogP) is 3.42. The van der Waals surface area contributed by atoms with Crippen molar-refractivity contribution < 1.29 is 14.0 Å². The molecule has 31 heavy (non-hydrogen) atoms. The average molecular weight is 445 g/mol. The van der Waals surface area contributed by atoms with Crippen LogP contribution in [-0.4, -0.2) is 76.8 Å². The normalized spacial score (nSPS) is 18.8. The summed E-state index contributed by atoms with van der Waals surface area (Å²) >= 11 is 1.35. The molecule has 2 aliphatic heterocycles. The SMILES string of the molecule is Cc1nc(-c2ccc(F)cc2)sc1C(=O)N1CCN(C(C)C(=O)N2CCCCC2)CC1. The first-order chi connectivity index (χ1) is 14.9. The summed E-state index contributed by atoms with van der Waals surface area (Å²) in [7, 11) is 0. The Balaban J connectivity index is 1.37. The molecule has 1 aromatic heterocycles. The van der Waals surface area contributed by atoms with Crippen LogP contribution in [0.2, 0.25) is 0 Å². The van der Waals surface area contributed by atoms with Gasteiger partial charge in [0.15, 0.2) is 0 Å². The Hall–Kier alpha value is -2.32. The molecule has 1 aromatic carbocycles. The van der Waals surface area contributed by atoms with Gasteiger partial charge in [-0.2, -0.15) is 0 Å². The number of piperazine rings is 1. The molecular weight excluding hydrogens is 415 g/mol. The third kappa shape index (κ3) is 4.80. The van der Waals surface area contributed by atoms with Crippen molar-refractivity contribution in [1.29, 1.82) is 0 Å². The van der Waals surface area contributed by atoms with E-state index in [4.69, 9.17) is 0 Å². The fourth-order valence-electron chi connectivity index (χ4n) is 4.30. The van der Waals surface area contributed by atoms with Gasteiger partial charge in [-0.05, 0) is 57.4 Å². The maximum absolute atomic E-state index is 13.2. The Morgan fingerprint density at radius 1 is 0.968 bits per heavy atom. The highest BCUT2D eigenvalue weighted by Gasteiger charge is 2.31. The molecule has 166 valence electrons. The van der Waals surface area contributed by atoms with E-state index in [1.54, 1.807) is 12.1 Å². The fourth-order valence-corrected chi connectivity index (χ4v) is 5.34. The quantitative estimate of drug-likeness (QED) is 0.725. The molecule has 2 fully saturated rings. The van der Waals surface area contributed by atoms with Crippen LogP contribution in [0.1, 0.15) is 41.6 Å². The van der Waals surface area contributed by atoms with Gasteiger partial charge in [-0.3, -0.25) is 14.5 Å². The maximum Gasteiger partial charge on any atom is 0.265 e. The molecule has 0 saturated carbocycles. The lowest BCUT2D eigenvalue weighted by molar-refractivity contribution is -0.137. The van der Waals surface area contributed by atoms with Crippen LogP contribution in [-0.2, 0) is 4.79 Å². The van der Waals surface area contributed by atoms with E-state index in [0.29, 0.717) is 36.8 Å². The molecule has 2 aliphatic rings. The molecule has 1 atom stereocenters. The number of halogens is 1. The van der Waals surface area contributed by atoms with Gasteiger partial charge in [0, 0.05) is 44.8 Å². The summed E-state index contributed by atoms with van der Waals surface area (Å²) in [5, 5.41) is 0.722. The molecule has 0 bridgehead atoms. The van der Waals surface area contributed by atoms with E-state index in [0.717, 1.165) is 36.5 Å². The van der Waals surface area contributed by atoms with Crippen LogP contribution in [0.5, 0.6) is 0 Å². The standard InChI is InChI=1S/C23H29FN4O2S/c1-16-20(31-21(25-16)18-6-8-19(24)9-7-18)23(30)28-14-12-26(13-15-28)17(2)22(29)27-10-4-3-5-11-27/h6-9,17H,3-5,10-15H2,1-2H3. The van der Waals surface area contributed by atoms with Crippen molar-refractivity contribution in [3.63, 3.8) is 0 Å². The molecular formula is C23H29FN4O2S. The van der Waals surface area contributed by atoms with Gasteiger partial charge in [0.05, 0.1) is 11.7 Å². The molecule has 2 aromatic rings. The van der Waals surface area contributed by atoms with Gasteiger partial charge < -0.3 is 9.80 Å². The third-order valence-corrected chi connectivity index (χ3v) is 7.45. The Morgan fingerprint density at radius 2 is 1.61 bits per heavy atom. The maximum atomic E-state index is 13.2. The van der Waals surface area contributed by atoms with Crippen molar-refractivity contribution in [2.24, 2.45) is 0 Å². The number of carbonyl (C=O) groups excluding carboxylic acids is 2. The lowest BCUT2D eigenvalue weighted by atomic mass is 10.1. The predicted molar refractivity (Wildman–Crippen MR) is 120 cm³/mol. The number of likely N-dealkylation sites (tertiary alicyclic amines) is 1. The smallest absolute Gasteiger partial charge is 0.265 e. The van der Waals surface area contributed by atoms with Crippen molar-refractivity contribution in [2.75, 3.05) is 39.3 Å². The summed E-state index contributed by atoms with van der Waals surface area (Å²) in [5.41, 5.74) is 1.51. The van der Waals surface area contributed by atoms with E-state index >= 15 is 0 Å². The minimum atomic E-state index is -0.292. The number of aryl methyl sites for hydroxylation is 1. The minimum Gasteiger partial charge on any atom is -0.341 e. The van der Waals surface area contributed by atoms with E-state index in [9.17, 15) is 14.0 Å². The highest BCUT2D eigenvalue weighted by atomic mass is 32.1. The zero-order valence-electron chi connectivity index (χ0n) is 18.1. The van der Waals surface area contributed by atoms with Gasteiger partial charge in [0.1, 0.15) is 15.7 Å². The summed E-state index contributed by atoms with van der Waals surface area (Å²) in [6.07, 6.45) is 3.39. The first-order valence-electron chi connectivity index (χ1n) is 11.0. The van der Waals surface area contributed by atoms with E-state index in [1.807, 2.05) is 23.6 Å². The molecule has 2 amide bonds. The molecule has 0 N–H and O–H groups in total. The van der Waals surface area contributed by atoms with Crippen molar-refractivity contribution >= 4 is 23.2 Å². The molecule has 3 heterocycles. The van der Waals surface area contributed by atoms with Gasteiger partial charge in [0.25, 0.3) is 5.91 Å². The van der Waals surface area contributed by atoms with E-state index < -0.39 is 0 Å². The van der Waals surface area contributed by atoms with Crippen LogP contribution in [0.3, 0.4) is 0 Å². The minimum absolute atomic E-state index is 0.0157. The van der Waals surface area contributed by atoms with Crippen LogP contribution >= 0.6 is 11.3 Å². The Kier molecular flexibility index (Phi) is 6.67. The van der Waals surface area contributed by atoms with E-state index in [2.05, 4.69) is 9.88 Å². The molecule has 0 aliphatic carbocycles. The van der Waals surface area contributed by atoms with Gasteiger partial charge in [-0.15, -0.1) is 11.3 Å². The molecule has 0 radical (unpaired) electrons. The number of aromatic nitrogens is 1. The molecule has 0 spiro atoms. The second-order valence-electron chi connectivity index (χ2n) is 8.33. The first kappa shape index (κ1) is 21.9. The van der Waals surface area contributed by atoms with Crippen molar-refractivity contribution in [3.05, 3.63) is 40.7 Å². The third-order valence-electron chi connectivity index (χ3n) is 6.26.